The molecule has 0 aromatic heterocycles. The fraction of sp³-hybridized carbons (Fsp3) is 0.533. The van der Waals surface area contributed by atoms with Crippen LogP contribution in [-0.2, 0) is 11.2 Å². The molecule has 1 aromatic carbocycles. The minimum atomic E-state index is 0.202. The van der Waals surface area contributed by atoms with Crippen LogP contribution in [0.2, 0.25) is 0 Å². The lowest BCUT2D eigenvalue weighted by Crippen LogP contribution is -2.39. The summed E-state index contributed by atoms with van der Waals surface area (Å²) in [5, 5.41) is 0.823. The fourth-order valence-corrected chi connectivity index (χ4v) is 2.33. The summed E-state index contributed by atoms with van der Waals surface area (Å²) in [7, 11) is 0. The Kier molecular flexibility index (Phi) is 5.86. The van der Waals surface area contributed by atoms with Crippen LogP contribution in [0.25, 0.3) is 0 Å². The standard InChI is InChI=1S/C15H22BrNO/c1-11(2)17(8-7-16)15(18)10-14-6-5-12(3)13(4)9-14/h5-6,9,11H,7-8,10H2,1-4H3. The van der Waals surface area contributed by atoms with E-state index < -0.39 is 0 Å². The van der Waals surface area contributed by atoms with E-state index in [1.54, 1.807) is 0 Å². The maximum absolute atomic E-state index is 12.2. The van der Waals surface area contributed by atoms with Gasteiger partial charge >= 0.3 is 0 Å². The minimum absolute atomic E-state index is 0.202. The monoisotopic (exact) mass is 311 g/mol. The second-order valence-corrected chi connectivity index (χ2v) is 5.76. The summed E-state index contributed by atoms with van der Waals surface area (Å²) in [5.41, 5.74) is 3.62. The molecule has 0 N–H and O–H groups in total. The molecule has 2 nitrogen and oxygen atoms in total. The molecule has 0 spiro atoms. The molecule has 3 heteroatoms. The van der Waals surface area contributed by atoms with Gasteiger partial charge in [0.05, 0.1) is 6.42 Å². The van der Waals surface area contributed by atoms with Gasteiger partial charge in [0.2, 0.25) is 5.91 Å². The Labute approximate surface area is 119 Å². The molecule has 0 aliphatic carbocycles. The highest BCUT2D eigenvalue weighted by Gasteiger charge is 2.16. The number of alkyl halides is 1. The molecule has 0 bridgehead atoms. The Morgan fingerprint density at radius 3 is 2.44 bits per heavy atom. The number of benzene rings is 1. The predicted octanol–water partition coefficient (Wildman–Crippen LogP) is 3.48. The van der Waals surface area contributed by atoms with Crippen molar-refractivity contribution in [3.63, 3.8) is 0 Å². The summed E-state index contributed by atoms with van der Waals surface area (Å²) in [6, 6.07) is 6.50. The summed E-state index contributed by atoms with van der Waals surface area (Å²) < 4.78 is 0. The third-order valence-electron chi connectivity index (χ3n) is 3.20. The molecule has 0 atom stereocenters. The maximum atomic E-state index is 12.2. The van der Waals surface area contributed by atoms with Crippen LogP contribution >= 0.6 is 15.9 Å². The lowest BCUT2D eigenvalue weighted by molar-refractivity contribution is -0.131. The van der Waals surface area contributed by atoms with Crippen molar-refractivity contribution in [2.45, 2.75) is 40.2 Å². The summed E-state index contributed by atoms with van der Waals surface area (Å²) in [6.45, 7) is 9.05. The molecule has 0 aliphatic heterocycles. The third-order valence-corrected chi connectivity index (χ3v) is 3.55. The number of hydrogen-bond donors (Lipinski definition) is 0. The zero-order chi connectivity index (χ0) is 13.7. The molecule has 0 radical (unpaired) electrons. The van der Waals surface area contributed by atoms with E-state index in [-0.39, 0.29) is 11.9 Å². The molecule has 0 saturated carbocycles. The molecule has 0 saturated heterocycles. The maximum Gasteiger partial charge on any atom is 0.227 e. The highest BCUT2D eigenvalue weighted by Crippen LogP contribution is 2.12. The number of halogens is 1. The van der Waals surface area contributed by atoms with Crippen LogP contribution < -0.4 is 0 Å². The Bertz CT molecular complexity index is 415. The van der Waals surface area contributed by atoms with Crippen molar-refractivity contribution in [1.82, 2.24) is 4.90 Å². The minimum Gasteiger partial charge on any atom is -0.339 e. The molecule has 0 unspecified atom stereocenters. The first kappa shape index (κ1) is 15.2. The van der Waals surface area contributed by atoms with Crippen LogP contribution in [-0.4, -0.2) is 28.7 Å². The molecule has 1 amide bonds. The van der Waals surface area contributed by atoms with Crippen molar-refractivity contribution in [3.05, 3.63) is 34.9 Å². The van der Waals surface area contributed by atoms with Gasteiger partial charge in [-0.1, -0.05) is 34.1 Å². The van der Waals surface area contributed by atoms with Crippen molar-refractivity contribution >= 4 is 21.8 Å². The van der Waals surface area contributed by atoms with E-state index in [1.807, 2.05) is 11.0 Å². The second-order valence-electron chi connectivity index (χ2n) is 4.97. The lowest BCUT2D eigenvalue weighted by atomic mass is 10.0. The van der Waals surface area contributed by atoms with Crippen LogP contribution in [0.5, 0.6) is 0 Å². The highest BCUT2D eigenvalue weighted by atomic mass is 79.9. The molecule has 18 heavy (non-hydrogen) atoms. The van der Waals surface area contributed by atoms with Gasteiger partial charge in [0.1, 0.15) is 0 Å². The molecule has 0 fully saturated rings. The van der Waals surface area contributed by atoms with E-state index >= 15 is 0 Å². The zero-order valence-corrected chi connectivity index (χ0v) is 13.3. The van der Waals surface area contributed by atoms with Crippen LogP contribution in [0.4, 0.5) is 0 Å². The van der Waals surface area contributed by atoms with Crippen molar-refractivity contribution in [1.29, 1.82) is 0 Å². The number of carbonyl (C=O) groups is 1. The largest absolute Gasteiger partial charge is 0.339 e. The van der Waals surface area contributed by atoms with Gasteiger partial charge in [-0.05, 0) is 44.4 Å². The SMILES string of the molecule is Cc1ccc(CC(=O)N(CCBr)C(C)C)cc1C. The van der Waals surface area contributed by atoms with Gasteiger partial charge in [0, 0.05) is 17.9 Å². The summed E-state index contributed by atoms with van der Waals surface area (Å²) in [5.74, 6) is 0.202. The molecule has 1 rings (SSSR count). The van der Waals surface area contributed by atoms with Crippen LogP contribution in [0.15, 0.2) is 18.2 Å². The van der Waals surface area contributed by atoms with Gasteiger partial charge in [-0.15, -0.1) is 0 Å². The fourth-order valence-electron chi connectivity index (χ4n) is 1.95. The summed E-state index contributed by atoms with van der Waals surface area (Å²) in [4.78, 5) is 14.2. The Morgan fingerprint density at radius 2 is 1.94 bits per heavy atom. The Balaban J connectivity index is 2.76. The van der Waals surface area contributed by atoms with Crippen LogP contribution in [0.1, 0.15) is 30.5 Å². The molecule has 0 aliphatic rings. The Hall–Kier alpha value is -0.830. The number of carbonyl (C=O) groups excluding carboxylic acids is 1. The van der Waals surface area contributed by atoms with Crippen molar-refractivity contribution in [2.75, 3.05) is 11.9 Å². The quantitative estimate of drug-likeness (QED) is 0.762. The van der Waals surface area contributed by atoms with E-state index in [0.29, 0.717) is 6.42 Å². The number of hydrogen-bond acceptors (Lipinski definition) is 1. The molecular formula is C15H22BrNO. The normalized spacial score (nSPS) is 10.8. The zero-order valence-electron chi connectivity index (χ0n) is 11.7. The highest BCUT2D eigenvalue weighted by molar-refractivity contribution is 9.09. The van der Waals surface area contributed by atoms with Gasteiger partial charge in [0.25, 0.3) is 0 Å². The van der Waals surface area contributed by atoms with Crippen molar-refractivity contribution in [3.8, 4) is 0 Å². The average Bonchev–Trinajstić information content (AvgIpc) is 2.30. The van der Waals surface area contributed by atoms with Crippen LogP contribution in [0, 0.1) is 13.8 Å². The molecule has 100 valence electrons. The predicted molar refractivity (Wildman–Crippen MR) is 80.3 cm³/mol. The number of rotatable bonds is 5. The number of aryl methyl sites for hydroxylation is 2. The summed E-state index contributed by atoms with van der Waals surface area (Å²) in [6.07, 6.45) is 0.492. The number of nitrogens with zero attached hydrogens (tertiary/aromatic N) is 1. The first-order valence-corrected chi connectivity index (χ1v) is 7.49. The first-order valence-electron chi connectivity index (χ1n) is 6.37. The number of amides is 1. The van der Waals surface area contributed by atoms with E-state index in [4.69, 9.17) is 0 Å². The van der Waals surface area contributed by atoms with Gasteiger partial charge in [-0.3, -0.25) is 4.79 Å². The summed E-state index contributed by atoms with van der Waals surface area (Å²) >= 11 is 3.40. The van der Waals surface area contributed by atoms with E-state index in [0.717, 1.165) is 17.4 Å². The topological polar surface area (TPSA) is 20.3 Å². The van der Waals surface area contributed by atoms with Gasteiger partial charge in [-0.25, -0.2) is 0 Å². The lowest BCUT2D eigenvalue weighted by Gasteiger charge is -2.26. The van der Waals surface area contributed by atoms with Gasteiger partial charge < -0.3 is 4.90 Å². The van der Waals surface area contributed by atoms with Gasteiger partial charge in [0.15, 0.2) is 0 Å². The molecule has 1 aromatic rings. The van der Waals surface area contributed by atoms with E-state index in [1.165, 1.54) is 11.1 Å². The Morgan fingerprint density at radius 1 is 1.28 bits per heavy atom. The molecule has 0 heterocycles. The first-order chi connectivity index (χ1) is 8.45. The average molecular weight is 312 g/mol. The second kappa shape index (κ2) is 6.93. The third kappa shape index (κ3) is 4.13. The van der Waals surface area contributed by atoms with E-state index in [2.05, 4.69) is 55.8 Å². The van der Waals surface area contributed by atoms with E-state index in [9.17, 15) is 4.79 Å². The van der Waals surface area contributed by atoms with Crippen molar-refractivity contribution < 1.29 is 4.79 Å². The smallest absolute Gasteiger partial charge is 0.227 e. The van der Waals surface area contributed by atoms with Crippen molar-refractivity contribution in [2.24, 2.45) is 0 Å². The molecular weight excluding hydrogens is 290 g/mol. The van der Waals surface area contributed by atoms with Crippen LogP contribution in [0.3, 0.4) is 0 Å². The van der Waals surface area contributed by atoms with Gasteiger partial charge in [-0.2, -0.15) is 0 Å².